The minimum Gasteiger partial charge on any atom is -0.497 e. The lowest BCUT2D eigenvalue weighted by atomic mass is 9.86. The van der Waals surface area contributed by atoms with Crippen molar-refractivity contribution >= 4 is 5.78 Å². The van der Waals surface area contributed by atoms with E-state index in [1.807, 2.05) is 18.2 Å². The number of rotatable bonds is 5. The molecule has 0 aliphatic rings. The molecule has 0 radical (unpaired) electrons. The number of ketones is 1. The summed E-state index contributed by atoms with van der Waals surface area (Å²) in [5.74, 6) is 1.57. The van der Waals surface area contributed by atoms with Crippen LogP contribution in [-0.4, -0.2) is 19.5 Å². The first kappa shape index (κ1) is 15.2. The Balaban J connectivity index is 2.18. The van der Waals surface area contributed by atoms with Crippen molar-refractivity contribution in [1.29, 1.82) is 0 Å². The number of hydrogen-bond acceptors (Lipinski definition) is 4. The molecule has 0 bridgehead atoms. The number of carbonyl (C=O) groups excluding carboxylic acids is 1. The molecule has 1 aromatic heterocycles. The lowest BCUT2D eigenvalue weighted by Gasteiger charge is -2.23. The average Bonchev–Trinajstić information content (AvgIpc) is 2.97. The molecule has 4 nitrogen and oxygen atoms in total. The van der Waals surface area contributed by atoms with E-state index in [9.17, 15) is 4.79 Å². The normalized spacial score (nSPS) is 11.2. The zero-order valence-corrected chi connectivity index (χ0v) is 12.8. The number of carbonyl (C=O) groups is 1. The molecule has 0 amide bonds. The Morgan fingerprint density at radius 3 is 2.57 bits per heavy atom. The van der Waals surface area contributed by atoms with Gasteiger partial charge in [0, 0.05) is 5.56 Å². The van der Waals surface area contributed by atoms with Crippen molar-refractivity contribution in [1.82, 2.24) is 0 Å². The summed E-state index contributed by atoms with van der Waals surface area (Å²) >= 11 is 0. The van der Waals surface area contributed by atoms with Gasteiger partial charge in [0.1, 0.15) is 11.5 Å². The van der Waals surface area contributed by atoms with Gasteiger partial charge in [-0.05, 0) is 35.7 Å². The largest absolute Gasteiger partial charge is 0.497 e. The molecule has 0 saturated heterocycles. The number of benzene rings is 1. The molecule has 0 fully saturated rings. The predicted molar refractivity (Wildman–Crippen MR) is 80.2 cm³/mol. The topological polar surface area (TPSA) is 48.7 Å². The lowest BCUT2D eigenvalue weighted by Crippen LogP contribution is -2.17. The van der Waals surface area contributed by atoms with Gasteiger partial charge < -0.3 is 13.9 Å². The molecule has 1 aromatic carbocycles. The van der Waals surface area contributed by atoms with E-state index in [0.29, 0.717) is 11.5 Å². The van der Waals surface area contributed by atoms with E-state index in [2.05, 4.69) is 20.8 Å². The second kappa shape index (κ2) is 6.04. The van der Waals surface area contributed by atoms with Crippen LogP contribution in [0.2, 0.25) is 0 Å². The van der Waals surface area contributed by atoms with Crippen LogP contribution in [0.1, 0.15) is 36.9 Å². The minimum absolute atomic E-state index is 0.0527. The van der Waals surface area contributed by atoms with Crippen molar-refractivity contribution < 1.29 is 18.7 Å². The Morgan fingerprint density at radius 2 is 2.00 bits per heavy atom. The highest BCUT2D eigenvalue weighted by Crippen LogP contribution is 2.34. The van der Waals surface area contributed by atoms with E-state index in [1.54, 1.807) is 19.2 Å². The van der Waals surface area contributed by atoms with Crippen LogP contribution in [0.5, 0.6) is 11.5 Å². The highest BCUT2D eigenvalue weighted by molar-refractivity contribution is 5.94. The molecule has 1 heterocycles. The minimum atomic E-state index is -0.185. The first-order chi connectivity index (χ1) is 9.91. The maximum atomic E-state index is 11.9. The van der Waals surface area contributed by atoms with Crippen molar-refractivity contribution in [2.75, 3.05) is 13.7 Å². The Morgan fingerprint density at radius 1 is 1.24 bits per heavy atom. The third kappa shape index (κ3) is 3.66. The number of ether oxygens (including phenoxy) is 2. The number of hydrogen-bond donors (Lipinski definition) is 0. The SMILES string of the molecule is COc1ccc(OCC(=O)c2ccco2)c(C(C)(C)C)c1. The third-order valence-electron chi connectivity index (χ3n) is 3.15. The smallest absolute Gasteiger partial charge is 0.235 e. The third-order valence-corrected chi connectivity index (χ3v) is 3.15. The molecular formula is C17H20O4. The fourth-order valence-corrected chi connectivity index (χ4v) is 2.00. The fourth-order valence-electron chi connectivity index (χ4n) is 2.00. The molecule has 4 heteroatoms. The van der Waals surface area contributed by atoms with Crippen LogP contribution in [0.3, 0.4) is 0 Å². The highest BCUT2D eigenvalue weighted by atomic mass is 16.5. The molecule has 0 N–H and O–H groups in total. The molecule has 2 rings (SSSR count). The van der Waals surface area contributed by atoms with Crippen molar-refractivity contribution in [3.05, 3.63) is 47.9 Å². The fraction of sp³-hybridized carbons (Fsp3) is 0.353. The Kier molecular flexibility index (Phi) is 4.36. The van der Waals surface area contributed by atoms with Gasteiger partial charge in [-0.25, -0.2) is 0 Å². The van der Waals surface area contributed by atoms with Crippen LogP contribution in [0.25, 0.3) is 0 Å². The molecule has 0 atom stereocenters. The van der Waals surface area contributed by atoms with E-state index in [4.69, 9.17) is 13.9 Å². The molecule has 0 aliphatic heterocycles. The quantitative estimate of drug-likeness (QED) is 0.784. The van der Waals surface area contributed by atoms with Gasteiger partial charge >= 0.3 is 0 Å². The molecule has 0 spiro atoms. The summed E-state index contributed by atoms with van der Waals surface area (Å²) in [5.41, 5.74) is 0.881. The summed E-state index contributed by atoms with van der Waals surface area (Å²) in [7, 11) is 1.63. The first-order valence-corrected chi connectivity index (χ1v) is 6.80. The molecule has 112 valence electrons. The van der Waals surface area contributed by atoms with Gasteiger partial charge in [0.25, 0.3) is 0 Å². The molecular weight excluding hydrogens is 268 g/mol. The Hall–Kier alpha value is -2.23. The van der Waals surface area contributed by atoms with Crippen LogP contribution in [0, 0.1) is 0 Å². The maximum Gasteiger partial charge on any atom is 0.235 e. The van der Waals surface area contributed by atoms with E-state index >= 15 is 0 Å². The van der Waals surface area contributed by atoms with E-state index in [0.717, 1.165) is 11.3 Å². The van der Waals surface area contributed by atoms with Crippen LogP contribution in [0.4, 0.5) is 0 Å². The van der Waals surface area contributed by atoms with E-state index < -0.39 is 0 Å². The van der Waals surface area contributed by atoms with Gasteiger partial charge in [-0.15, -0.1) is 0 Å². The Bertz CT molecular complexity index is 606. The van der Waals surface area contributed by atoms with Gasteiger partial charge in [0.2, 0.25) is 5.78 Å². The zero-order valence-electron chi connectivity index (χ0n) is 12.8. The van der Waals surface area contributed by atoms with Crippen molar-refractivity contribution in [2.24, 2.45) is 0 Å². The van der Waals surface area contributed by atoms with Gasteiger partial charge in [0.15, 0.2) is 12.4 Å². The standard InChI is InChI=1S/C17H20O4/c1-17(2,3)13-10-12(19-4)7-8-15(13)21-11-14(18)16-6-5-9-20-16/h5-10H,11H2,1-4H3. The summed E-state index contributed by atoms with van der Waals surface area (Å²) in [5, 5.41) is 0. The molecule has 21 heavy (non-hydrogen) atoms. The molecule has 0 saturated carbocycles. The van der Waals surface area contributed by atoms with E-state index in [-0.39, 0.29) is 17.8 Å². The van der Waals surface area contributed by atoms with Crippen LogP contribution in [0.15, 0.2) is 41.0 Å². The van der Waals surface area contributed by atoms with Gasteiger partial charge in [0.05, 0.1) is 13.4 Å². The molecule has 0 aliphatic carbocycles. The summed E-state index contributed by atoms with van der Waals surface area (Å²) in [4.78, 5) is 11.9. The second-order valence-corrected chi connectivity index (χ2v) is 5.80. The van der Waals surface area contributed by atoms with Crippen molar-refractivity contribution in [3.8, 4) is 11.5 Å². The van der Waals surface area contributed by atoms with Crippen LogP contribution < -0.4 is 9.47 Å². The van der Waals surface area contributed by atoms with Gasteiger partial charge in [-0.2, -0.15) is 0 Å². The van der Waals surface area contributed by atoms with Crippen molar-refractivity contribution in [2.45, 2.75) is 26.2 Å². The average molecular weight is 288 g/mol. The molecule has 0 unspecified atom stereocenters. The van der Waals surface area contributed by atoms with E-state index in [1.165, 1.54) is 6.26 Å². The summed E-state index contributed by atoms with van der Waals surface area (Å²) in [6, 6.07) is 8.90. The first-order valence-electron chi connectivity index (χ1n) is 6.80. The maximum absolute atomic E-state index is 11.9. The lowest BCUT2D eigenvalue weighted by molar-refractivity contribution is 0.0892. The predicted octanol–water partition coefficient (Wildman–Crippen LogP) is 3.85. The van der Waals surface area contributed by atoms with Gasteiger partial charge in [-0.3, -0.25) is 4.79 Å². The highest BCUT2D eigenvalue weighted by Gasteiger charge is 2.21. The number of Topliss-reactive ketones (excluding diaryl/α,β-unsaturated/α-hetero) is 1. The summed E-state index contributed by atoms with van der Waals surface area (Å²) in [6.45, 7) is 6.21. The van der Waals surface area contributed by atoms with Crippen molar-refractivity contribution in [3.63, 3.8) is 0 Å². The zero-order chi connectivity index (χ0) is 15.5. The number of furan rings is 1. The second-order valence-electron chi connectivity index (χ2n) is 5.80. The summed E-state index contributed by atoms with van der Waals surface area (Å²) < 4.78 is 16.0. The van der Waals surface area contributed by atoms with Crippen LogP contribution in [-0.2, 0) is 5.41 Å². The number of methoxy groups -OCH3 is 1. The molecule has 2 aromatic rings. The van der Waals surface area contributed by atoms with Crippen LogP contribution >= 0.6 is 0 Å². The summed E-state index contributed by atoms with van der Waals surface area (Å²) in [6.07, 6.45) is 1.47. The Labute approximate surface area is 124 Å². The monoisotopic (exact) mass is 288 g/mol. The van der Waals surface area contributed by atoms with Gasteiger partial charge in [-0.1, -0.05) is 20.8 Å².